The van der Waals surface area contributed by atoms with Crippen LogP contribution in [-0.4, -0.2) is 61.8 Å². The Morgan fingerprint density at radius 3 is 2.53 bits per heavy atom. The van der Waals surface area contributed by atoms with Crippen LogP contribution in [0.5, 0.6) is 5.75 Å². The van der Waals surface area contributed by atoms with Gasteiger partial charge in [0.15, 0.2) is 0 Å². The Labute approximate surface area is 200 Å². The molecular formula is C26H31N3O4S. The Morgan fingerprint density at radius 2 is 1.79 bits per heavy atom. The van der Waals surface area contributed by atoms with E-state index in [1.165, 1.54) is 15.3 Å². The highest BCUT2D eigenvalue weighted by Crippen LogP contribution is 2.35. The van der Waals surface area contributed by atoms with Gasteiger partial charge in [0, 0.05) is 43.3 Å². The summed E-state index contributed by atoms with van der Waals surface area (Å²) in [5.74, 6) is 1.03. The van der Waals surface area contributed by atoms with Gasteiger partial charge in [-0.25, -0.2) is 8.42 Å². The quantitative estimate of drug-likeness (QED) is 0.598. The maximum Gasteiger partial charge on any atom is 0.243 e. The summed E-state index contributed by atoms with van der Waals surface area (Å²) in [7, 11) is -1.90. The van der Waals surface area contributed by atoms with Crippen LogP contribution in [0.15, 0.2) is 59.6 Å². The van der Waals surface area contributed by atoms with Crippen LogP contribution in [0.3, 0.4) is 0 Å². The number of piperidine rings is 2. The van der Waals surface area contributed by atoms with Crippen LogP contribution in [0.2, 0.25) is 0 Å². The Balaban J connectivity index is 1.24. The average molecular weight is 482 g/mol. The van der Waals surface area contributed by atoms with Gasteiger partial charge in [0.1, 0.15) is 5.75 Å². The number of carbonyl (C=O) groups is 1. The molecule has 1 unspecified atom stereocenters. The van der Waals surface area contributed by atoms with Crippen molar-refractivity contribution in [3.8, 4) is 5.75 Å². The summed E-state index contributed by atoms with van der Waals surface area (Å²) in [6, 6.07) is 14.6. The molecule has 0 radical (unpaired) electrons. The predicted octanol–water partition coefficient (Wildman–Crippen LogP) is 3.98. The number of nitrogens with zero attached hydrogens (tertiary/aromatic N) is 2. The number of fused-ring (bicyclic) bond motifs is 1. The molecule has 2 aliphatic rings. The van der Waals surface area contributed by atoms with E-state index in [9.17, 15) is 13.2 Å². The lowest BCUT2D eigenvalue weighted by Crippen LogP contribution is -2.48. The summed E-state index contributed by atoms with van der Waals surface area (Å²) in [6.45, 7) is 2.12. The number of H-pyrrole nitrogens is 1. The second kappa shape index (κ2) is 9.43. The highest BCUT2D eigenvalue weighted by Gasteiger charge is 2.36. The summed E-state index contributed by atoms with van der Waals surface area (Å²) < 4.78 is 33.0. The third-order valence-electron chi connectivity index (χ3n) is 7.28. The van der Waals surface area contributed by atoms with E-state index >= 15 is 0 Å². The number of aromatic nitrogens is 1. The molecule has 0 spiro atoms. The molecule has 5 rings (SSSR count). The van der Waals surface area contributed by atoms with Gasteiger partial charge in [-0.1, -0.05) is 18.2 Å². The third kappa shape index (κ3) is 4.32. The predicted molar refractivity (Wildman–Crippen MR) is 131 cm³/mol. The van der Waals surface area contributed by atoms with Gasteiger partial charge >= 0.3 is 0 Å². The molecule has 180 valence electrons. The molecule has 2 aliphatic heterocycles. The molecule has 8 heteroatoms. The molecule has 0 bridgehead atoms. The first kappa shape index (κ1) is 22.9. The van der Waals surface area contributed by atoms with Crippen molar-refractivity contribution in [2.45, 2.75) is 36.5 Å². The Bertz CT molecular complexity index is 1260. The Hall–Kier alpha value is -2.84. The van der Waals surface area contributed by atoms with Gasteiger partial charge in [-0.2, -0.15) is 4.31 Å². The number of ether oxygens (including phenoxy) is 1. The highest BCUT2D eigenvalue weighted by molar-refractivity contribution is 7.89. The van der Waals surface area contributed by atoms with Crippen molar-refractivity contribution in [1.29, 1.82) is 0 Å². The van der Waals surface area contributed by atoms with Crippen LogP contribution in [0.4, 0.5) is 0 Å². The van der Waals surface area contributed by atoms with Crippen molar-refractivity contribution in [1.82, 2.24) is 14.2 Å². The van der Waals surface area contributed by atoms with Gasteiger partial charge in [0.05, 0.1) is 17.9 Å². The molecule has 1 atom stereocenters. The molecule has 0 saturated carbocycles. The number of hydrogen-bond donors (Lipinski definition) is 1. The van der Waals surface area contributed by atoms with Crippen LogP contribution >= 0.6 is 0 Å². The number of nitrogens with one attached hydrogen (secondary N) is 1. The summed E-state index contributed by atoms with van der Waals surface area (Å²) in [4.78, 5) is 18.9. The van der Waals surface area contributed by atoms with E-state index < -0.39 is 10.0 Å². The molecule has 3 aromatic rings. The summed E-state index contributed by atoms with van der Waals surface area (Å²) in [6.07, 6.45) is 5.32. The fourth-order valence-corrected chi connectivity index (χ4v) is 6.90. The van der Waals surface area contributed by atoms with Crippen molar-refractivity contribution in [3.05, 3.63) is 60.3 Å². The topological polar surface area (TPSA) is 82.7 Å². The zero-order valence-electron chi connectivity index (χ0n) is 19.4. The highest BCUT2D eigenvalue weighted by atomic mass is 32.2. The summed E-state index contributed by atoms with van der Waals surface area (Å²) in [5, 5.41) is 1.18. The number of sulfonamides is 1. The van der Waals surface area contributed by atoms with Crippen LogP contribution < -0.4 is 4.74 Å². The van der Waals surface area contributed by atoms with E-state index in [0.717, 1.165) is 30.5 Å². The van der Waals surface area contributed by atoms with Crippen LogP contribution in [0.25, 0.3) is 10.9 Å². The van der Waals surface area contributed by atoms with E-state index in [-0.39, 0.29) is 18.4 Å². The second-order valence-corrected chi connectivity index (χ2v) is 11.2. The van der Waals surface area contributed by atoms with Gasteiger partial charge in [-0.05, 0) is 67.5 Å². The number of benzene rings is 2. The molecule has 7 nitrogen and oxygen atoms in total. The monoisotopic (exact) mass is 481 g/mol. The number of amides is 1. The maximum atomic E-state index is 13.3. The Kier molecular flexibility index (Phi) is 6.36. The standard InChI is InChI=1S/C26H31N3O4S/c1-33-21-9-10-25-23(16-21)24(17-27-25)19-11-14-28(15-12-19)26(30)20-6-5-13-29(18-20)34(31,32)22-7-3-2-4-8-22/h2-4,7-10,16-17,19-20,27H,5-6,11-15,18H2,1H3. The SMILES string of the molecule is COc1ccc2[nH]cc(C3CCN(C(=O)C4CCCN(S(=O)(=O)c5ccccc5)C4)CC3)c2c1. The van der Waals surface area contributed by atoms with Gasteiger partial charge in [0.2, 0.25) is 15.9 Å². The number of likely N-dealkylation sites (tertiary alicyclic amines) is 1. The van der Waals surface area contributed by atoms with Gasteiger partial charge in [0.25, 0.3) is 0 Å². The molecular weight excluding hydrogens is 450 g/mol. The second-order valence-electron chi connectivity index (χ2n) is 9.27. The van der Waals surface area contributed by atoms with Crippen molar-refractivity contribution in [2.24, 2.45) is 5.92 Å². The third-order valence-corrected chi connectivity index (χ3v) is 9.16. The lowest BCUT2D eigenvalue weighted by Gasteiger charge is -2.37. The molecule has 0 aliphatic carbocycles. The smallest absolute Gasteiger partial charge is 0.243 e. The summed E-state index contributed by atoms with van der Waals surface area (Å²) in [5.41, 5.74) is 2.37. The number of methoxy groups -OCH3 is 1. The first-order chi connectivity index (χ1) is 16.5. The molecule has 1 N–H and O–H groups in total. The van der Waals surface area contributed by atoms with Crippen LogP contribution in [0.1, 0.15) is 37.2 Å². The molecule has 2 aromatic carbocycles. The molecule has 2 fully saturated rings. The van der Waals surface area contributed by atoms with Crippen molar-refractivity contribution >= 4 is 26.8 Å². The fourth-order valence-electron chi connectivity index (χ4n) is 5.36. The number of carbonyl (C=O) groups excluding carboxylic acids is 1. The molecule has 2 saturated heterocycles. The molecule has 3 heterocycles. The fraction of sp³-hybridized carbons (Fsp3) is 0.423. The zero-order chi connectivity index (χ0) is 23.7. The van der Waals surface area contributed by atoms with Crippen molar-refractivity contribution in [2.75, 3.05) is 33.3 Å². The zero-order valence-corrected chi connectivity index (χ0v) is 20.3. The summed E-state index contributed by atoms with van der Waals surface area (Å²) >= 11 is 0. The minimum absolute atomic E-state index is 0.0898. The first-order valence-corrected chi connectivity index (χ1v) is 13.4. The van der Waals surface area contributed by atoms with E-state index in [4.69, 9.17) is 4.74 Å². The average Bonchev–Trinajstić information content (AvgIpc) is 3.32. The minimum atomic E-state index is -3.58. The maximum absolute atomic E-state index is 13.3. The number of hydrogen-bond acceptors (Lipinski definition) is 4. The van der Waals surface area contributed by atoms with Crippen molar-refractivity contribution in [3.63, 3.8) is 0 Å². The lowest BCUT2D eigenvalue weighted by atomic mass is 9.88. The van der Waals surface area contributed by atoms with Gasteiger partial charge < -0.3 is 14.6 Å². The van der Waals surface area contributed by atoms with Gasteiger partial charge in [-0.3, -0.25) is 4.79 Å². The number of aromatic amines is 1. The van der Waals surface area contributed by atoms with Crippen LogP contribution in [0, 0.1) is 5.92 Å². The Morgan fingerprint density at radius 1 is 1.03 bits per heavy atom. The molecule has 34 heavy (non-hydrogen) atoms. The largest absolute Gasteiger partial charge is 0.497 e. The van der Waals surface area contributed by atoms with E-state index in [2.05, 4.69) is 17.2 Å². The van der Waals surface area contributed by atoms with E-state index in [1.807, 2.05) is 17.0 Å². The molecule has 1 amide bonds. The van der Waals surface area contributed by atoms with E-state index in [1.54, 1.807) is 37.4 Å². The lowest BCUT2D eigenvalue weighted by molar-refractivity contribution is -0.137. The van der Waals surface area contributed by atoms with Gasteiger partial charge in [-0.15, -0.1) is 0 Å². The normalized spacial score (nSPS) is 20.5. The van der Waals surface area contributed by atoms with E-state index in [0.29, 0.717) is 36.9 Å². The number of rotatable bonds is 5. The minimum Gasteiger partial charge on any atom is -0.497 e. The molecule has 1 aromatic heterocycles. The first-order valence-electron chi connectivity index (χ1n) is 12.0. The van der Waals surface area contributed by atoms with Crippen LogP contribution in [-0.2, 0) is 14.8 Å². The van der Waals surface area contributed by atoms with Crippen molar-refractivity contribution < 1.29 is 17.9 Å².